The van der Waals surface area contributed by atoms with Crippen LogP contribution >= 0.6 is 0 Å². The molecule has 1 aliphatic rings. The summed E-state index contributed by atoms with van der Waals surface area (Å²) in [6.07, 6.45) is 8.88. The maximum absolute atomic E-state index is 12.4. The van der Waals surface area contributed by atoms with Crippen LogP contribution in [0.4, 0.5) is 0 Å². The highest BCUT2D eigenvalue weighted by atomic mass is 16.2. The van der Waals surface area contributed by atoms with Crippen LogP contribution in [0.1, 0.15) is 41.9 Å². The summed E-state index contributed by atoms with van der Waals surface area (Å²) in [5.74, 6) is 2.91. The van der Waals surface area contributed by atoms with E-state index < -0.39 is 0 Å². The summed E-state index contributed by atoms with van der Waals surface area (Å²) in [5, 5.41) is 16.8. The second kappa shape index (κ2) is 5.56. The molecule has 2 N–H and O–H groups in total. The Morgan fingerprint density at radius 3 is 2.86 bits per heavy atom. The number of nitrogens with one attached hydrogen (secondary N) is 2. The minimum Gasteiger partial charge on any atom is -0.344 e. The molecule has 112 valence electrons. The Balaban J connectivity index is 1.79. The number of aromatic amines is 1. The fraction of sp³-hybridized carbons (Fsp3) is 0.400. The van der Waals surface area contributed by atoms with Gasteiger partial charge in [-0.05, 0) is 43.5 Å². The van der Waals surface area contributed by atoms with E-state index in [-0.39, 0.29) is 11.4 Å². The fourth-order valence-electron chi connectivity index (χ4n) is 2.65. The van der Waals surface area contributed by atoms with Gasteiger partial charge >= 0.3 is 0 Å². The van der Waals surface area contributed by atoms with Gasteiger partial charge in [-0.3, -0.25) is 4.79 Å². The summed E-state index contributed by atoms with van der Waals surface area (Å²) < 4.78 is 0. The molecule has 0 aliphatic heterocycles. The van der Waals surface area contributed by atoms with Gasteiger partial charge in [0.2, 0.25) is 5.82 Å². The van der Waals surface area contributed by atoms with Gasteiger partial charge < -0.3 is 5.32 Å². The Hall–Kier alpha value is -2.75. The molecule has 0 saturated heterocycles. The summed E-state index contributed by atoms with van der Waals surface area (Å²) in [5.41, 5.74) is 1.53. The van der Waals surface area contributed by atoms with E-state index in [9.17, 15) is 4.79 Å². The van der Waals surface area contributed by atoms with E-state index in [2.05, 4.69) is 36.8 Å². The van der Waals surface area contributed by atoms with E-state index in [0.29, 0.717) is 23.6 Å². The molecular formula is C15H16N6O. The van der Waals surface area contributed by atoms with E-state index in [0.717, 1.165) is 24.8 Å². The van der Waals surface area contributed by atoms with Crippen LogP contribution in [0, 0.1) is 19.3 Å². The molecular weight excluding hydrogens is 280 g/mol. The first-order valence-corrected chi connectivity index (χ1v) is 7.11. The number of hydrogen-bond acceptors (Lipinski definition) is 5. The minimum atomic E-state index is -0.256. The topological polar surface area (TPSA) is 96.5 Å². The van der Waals surface area contributed by atoms with Gasteiger partial charge in [-0.25, -0.2) is 4.98 Å². The molecule has 2 heterocycles. The van der Waals surface area contributed by atoms with Crippen LogP contribution in [0.2, 0.25) is 0 Å². The van der Waals surface area contributed by atoms with E-state index in [1.165, 1.54) is 0 Å². The lowest BCUT2D eigenvalue weighted by Gasteiger charge is -2.41. The van der Waals surface area contributed by atoms with Gasteiger partial charge in [-0.2, -0.15) is 5.21 Å². The highest BCUT2D eigenvalue weighted by Gasteiger charge is 2.38. The lowest BCUT2D eigenvalue weighted by Crippen LogP contribution is -2.53. The molecule has 1 saturated carbocycles. The van der Waals surface area contributed by atoms with Crippen LogP contribution in [-0.2, 0) is 0 Å². The molecule has 7 heteroatoms. The van der Waals surface area contributed by atoms with Crippen molar-refractivity contribution in [1.82, 2.24) is 30.9 Å². The number of hydrogen-bond donors (Lipinski definition) is 2. The Kier molecular flexibility index (Phi) is 3.59. The van der Waals surface area contributed by atoms with Gasteiger partial charge in [0.25, 0.3) is 5.91 Å². The summed E-state index contributed by atoms with van der Waals surface area (Å²) in [7, 11) is 0. The summed E-state index contributed by atoms with van der Waals surface area (Å²) in [6.45, 7) is 1.81. The average molecular weight is 296 g/mol. The van der Waals surface area contributed by atoms with Crippen molar-refractivity contribution in [2.45, 2.75) is 38.1 Å². The first kappa shape index (κ1) is 14.2. The third-order valence-electron chi connectivity index (χ3n) is 4.03. The second-order valence-corrected chi connectivity index (χ2v) is 5.53. The van der Waals surface area contributed by atoms with Gasteiger partial charge in [-0.1, -0.05) is 0 Å². The Bertz CT molecular complexity index is 727. The number of aromatic nitrogens is 5. The Morgan fingerprint density at radius 1 is 1.50 bits per heavy atom. The van der Waals surface area contributed by atoms with E-state index >= 15 is 0 Å². The number of carbonyl (C=O) groups excluding carboxylic acids is 1. The lowest BCUT2D eigenvalue weighted by atomic mass is 9.74. The number of pyridine rings is 1. The van der Waals surface area contributed by atoms with Gasteiger partial charge in [-0.15, -0.1) is 22.5 Å². The molecule has 0 atom stereocenters. The fourth-order valence-corrected chi connectivity index (χ4v) is 2.65. The summed E-state index contributed by atoms with van der Waals surface area (Å²) in [4.78, 5) is 16.7. The predicted octanol–water partition coefficient (Wildman–Crippen LogP) is 1.25. The molecule has 2 aromatic rings. The minimum absolute atomic E-state index is 0.197. The van der Waals surface area contributed by atoms with Crippen LogP contribution in [0.15, 0.2) is 12.1 Å². The van der Waals surface area contributed by atoms with Crippen molar-refractivity contribution in [2.75, 3.05) is 0 Å². The van der Waals surface area contributed by atoms with E-state index in [1.807, 2.05) is 6.92 Å². The van der Waals surface area contributed by atoms with E-state index in [1.54, 1.807) is 12.1 Å². The number of nitrogens with zero attached hydrogens (tertiary/aromatic N) is 4. The van der Waals surface area contributed by atoms with Crippen LogP contribution < -0.4 is 5.32 Å². The molecule has 0 radical (unpaired) electrons. The van der Waals surface area contributed by atoms with Gasteiger partial charge in [0.05, 0.1) is 5.54 Å². The van der Waals surface area contributed by atoms with E-state index in [4.69, 9.17) is 6.42 Å². The highest BCUT2D eigenvalue weighted by molar-refractivity contribution is 5.93. The number of H-pyrrole nitrogens is 1. The van der Waals surface area contributed by atoms with Crippen molar-refractivity contribution in [2.24, 2.45) is 0 Å². The Morgan fingerprint density at radius 2 is 2.32 bits per heavy atom. The molecule has 1 fully saturated rings. The molecule has 2 aromatic heterocycles. The number of amides is 1. The smallest absolute Gasteiger partial charge is 0.270 e. The summed E-state index contributed by atoms with van der Waals surface area (Å²) in [6, 6.07) is 3.44. The van der Waals surface area contributed by atoms with Crippen molar-refractivity contribution in [3.8, 4) is 23.7 Å². The number of tetrazole rings is 1. The van der Waals surface area contributed by atoms with Crippen LogP contribution in [0.3, 0.4) is 0 Å². The maximum atomic E-state index is 12.4. The second-order valence-electron chi connectivity index (χ2n) is 5.53. The molecule has 0 bridgehead atoms. The van der Waals surface area contributed by atoms with Crippen molar-refractivity contribution < 1.29 is 4.79 Å². The highest BCUT2D eigenvalue weighted by Crippen LogP contribution is 2.34. The zero-order chi connectivity index (χ0) is 15.6. The number of rotatable bonds is 4. The van der Waals surface area contributed by atoms with Crippen LogP contribution in [-0.4, -0.2) is 37.1 Å². The van der Waals surface area contributed by atoms with Gasteiger partial charge in [0, 0.05) is 17.7 Å². The molecule has 7 nitrogen and oxygen atoms in total. The van der Waals surface area contributed by atoms with Crippen molar-refractivity contribution in [3.63, 3.8) is 0 Å². The van der Waals surface area contributed by atoms with Crippen molar-refractivity contribution in [1.29, 1.82) is 0 Å². The first-order chi connectivity index (χ1) is 10.6. The molecule has 0 unspecified atom stereocenters. The third-order valence-corrected chi connectivity index (χ3v) is 4.03. The maximum Gasteiger partial charge on any atom is 0.270 e. The van der Waals surface area contributed by atoms with Crippen molar-refractivity contribution >= 4 is 5.91 Å². The zero-order valence-corrected chi connectivity index (χ0v) is 12.3. The molecule has 1 amide bonds. The van der Waals surface area contributed by atoms with Crippen LogP contribution in [0.25, 0.3) is 11.4 Å². The first-order valence-electron chi connectivity index (χ1n) is 7.11. The number of aryl methyl sites for hydroxylation is 1. The Labute approximate surface area is 127 Å². The number of carbonyl (C=O) groups is 1. The molecule has 3 rings (SSSR count). The largest absolute Gasteiger partial charge is 0.344 e. The van der Waals surface area contributed by atoms with Gasteiger partial charge in [0.1, 0.15) is 5.69 Å². The van der Waals surface area contributed by atoms with Gasteiger partial charge in [0.15, 0.2) is 0 Å². The SMILES string of the molecule is C#CCC1(NC(=O)c2ccc(-c3nn[nH]n3)c(C)n2)CCC1. The van der Waals surface area contributed by atoms with Crippen LogP contribution in [0.5, 0.6) is 0 Å². The molecule has 0 spiro atoms. The zero-order valence-electron chi connectivity index (χ0n) is 12.3. The lowest BCUT2D eigenvalue weighted by molar-refractivity contribution is 0.0828. The monoisotopic (exact) mass is 296 g/mol. The summed E-state index contributed by atoms with van der Waals surface area (Å²) >= 11 is 0. The standard InChI is InChI=1S/C15H16N6O/c1-3-7-15(8-4-9-15)17-14(22)12-6-5-11(10(2)16-12)13-18-20-21-19-13/h1,5-6H,4,7-9H2,2H3,(H,17,22)(H,18,19,20,21). The quantitative estimate of drug-likeness (QED) is 0.828. The third kappa shape index (κ3) is 2.55. The normalized spacial score (nSPS) is 15.6. The van der Waals surface area contributed by atoms with Crippen molar-refractivity contribution in [3.05, 3.63) is 23.5 Å². The molecule has 0 aromatic carbocycles. The average Bonchev–Trinajstić information content (AvgIpc) is 2.98. The number of terminal acetylenes is 1. The molecule has 1 aliphatic carbocycles. The molecule has 22 heavy (non-hydrogen) atoms. The predicted molar refractivity (Wildman–Crippen MR) is 79.6 cm³/mol.